The second kappa shape index (κ2) is 5.46. The number of benzene rings is 1. The molecule has 2 heterocycles. The summed E-state index contributed by atoms with van der Waals surface area (Å²) in [6.07, 6.45) is 2.37. The third-order valence-electron chi connectivity index (χ3n) is 3.64. The molecule has 112 valence electrons. The van der Waals surface area contributed by atoms with Gasteiger partial charge in [0.2, 0.25) is 5.91 Å². The fraction of sp³-hybridized carbons (Fsp3) is 0.357. The highest BCUT2D eigenvalue weighted by Crippen LogP contribution is 2.21. The summed E-state index contributed by atoms with van der Waals surface area (Å²) in [6.45, 7) is 0.196. The molecule has 0 saturated carbocycles. The van der Waals surface area contributed by atoms with Gasteiger partial charge in [-0.3, -0.25) is 4.79 Å². The highest BCUT2D eigenvalue weighted by atomic mass is 79.9. The Morgan fingerprint density at radius 1 is 1.38 bits per heavy atom. The standard InChI is InChI=1S/C14H15BrN2O3S/c15-11-1-2-13-10(7-11)3-5-17(13)8-14(18)16-12-4-6-21(19,20)9-12/h1-3,5,7,12H,4,6,8-9H2,(H,16,18)/t12-/m0/s1. The molecule has 1 fully saturated rings. The zero-order chi connectivity index (χ0) is 15.0. The predicted molar refractivity (Wildman–Crippen MR) is 84.8 cm³/mol. The molecule has 21 heavy (non-hydrogen) atoms. The molecule has 0 aliphatic carbocycles. The Bertz CT molecular complexity index is 798. The van der Waals surface area contributed by atoms with E-state index in [0.29, 0.717) is 6.42 Å². The zero-order valence-corrected chi connectivity index (χ0v) is 13.7. The van der Waals surface area contributed by atoms with E-state index in [9.17, 15) is 13.2 Å². The maximum absolute atomic E-state index is 12.1. The first-order chi connectivity index (χ1) is 9.93. The Morgan fingerprint density at radius 2 is 2.19 bits per heavy atom. The van der Waals surface area contributed by atoms with Crippen molar-refractivity contribution < 1.29 is 13.2 Å². The lowest BCUT2D eigenvalue weighted by atomic mass is 10.2. The minimum absolute atomic E-state index is 0.0537. The van der Waals surface area contributed by atoms with Gasteiger partial charge in [0, 0.05) is 27.6 Å². The lowest BCUT2D eigenvalue weighted by molar-refractivity contribution is -0.122. The van der Waals surface area contributed by atoms with Crippen LogP contribution < -0.4 is 5.32 Å². The lowest BCUT2D eigenvalue weighted by Crippen LogP contribution is -2.37. The van der Waals surface area contributed by atoms with E-state index < -0.39 is 9.84 Å². The van der Waals surface area contributed by atoms with Crippen molar-refractivity contribution in [3.8, 4) is 0 Å². The van der Waals surface area contributed by atoms with Crippen molar-refractivity contribution >= 4 is 42.6 Å². The number of carbonyl (C=O) groups is 1. The Labute approximate surface area is 131 Å². The van der Waals surface area contributed by atoms with E-state index in [1.807, 2.05) is 35.0 Å². The Hall–Kier alpha value is -1.34. The molecule has 1 aromatic carbocycles. The molecule has 1 aromatic heterocycles. The molecule has 0 unspecified atom stereocenters. The van der Waals surface area contributed by atoms with Gasteiger partial charge in [-0.05, 0) is 30.7 Å². The molecule has 1 N–H and O–H groups in total. The summed E-state index contributed by atoms with van der Waals surface area (Å²) in [5.41, 5.74) is 0.979. The van der Waals surface area contributed by atoms with Crippen LogP contribution in [-0.4, -0.2) is 36.4 Å². The first-order valence-corrected chi connectivity index (χ1v) is 9.28. The molecule has 1 aliphatic rings. The van der Waals surface area contributed by atoms with Crippen LogP contribution in [-0.2, 0) is 21.2 Å². The number of rotatable bonds is 3. The van der Waals surface area contributed by atoms with Crippen LogP contribution in [0.3, 0.4) is 0 Å². The van der Waals surface area contributed by atoms with Gasteiger partial charge in [0.15, 0.2) is 9.84 Å². The SMILES string of the molecule is O=C(Cn1ccc2cc(Br)ccc21)N[C@H]1CCS(=O)(=O)C1. The van der Waals surface area contributed by atoms with Gasteiger partial charge in [0.25, 0.3) is 0 Å². The molecule has 1 atom stereocenters. The smallest absolute Gasteiger partial charge is 0.240 e. The molecule has 2 aromatic rings. The monoisotopic (exact) mass is 370 g/mol. The Kier molecular flexibility index (Phi) is 3.79. The van der Waals surface area contributed by atoms with Gasteiger partial charge >= 0.3 is 0 Å². The number of fused-ring (bicyclic) bond motifs is 1. The van der Waals surface area contributed by atoms with E-state index in [4.69, 9.17) is 0 Å². The molecule has 0 radical (unpaired) electrons. The molecule has 3 rings (SSSR count). The maximum Gasteiger partial charge on any atom is 0.240 e. The molecular weight excluding hydrogens is 356 g/mol. The summed E-state index contributed by atoms with van der Waals surface area (Å²) in [5, 5.41) is 3.86. The van der Waals surface area contributed by atoms with Crippen LogP contribution in [0.5, 0.6) is 0 Å². The number of nitrogens with zero attached hydrogens (tertiary/aromatic N) is 1. The van der Waals surface area contributed by atoms with Gasteiger partial charge in [-0.15, -0.1) is 0 Å². The molecule has 1 amide bonds. The third-order valence-corrected chi connectivity index (χ3v) is 5.91. The van der Waals surface area contributed by atoms with Crippen LogP contribution in [0, 0.1) is 0 Å². The van der Waals surface area contributed by atoms with Crippen molar-refractivity contribution in [3.05, 3.63) is 34.9 Å². The second-order valence-electron chi connectivity index (χ2n) is 5.31. The van der Waals surface area contributed by atoms with Crippen LogP contribution in [0.25, 0.3) is 10.9 Å². The minimum Gasteiger partial charge on any atom is -0.351 e. The van der Waals surface area contributed by atoms with Crippen molar-refractivity contribution in [2.45, 2.75) is 19.0 Å². The van der Waals surface area contributed by atoms with Crippen molar-refractivity contribution in [3.63, 3.8) is 0 Å². The third kappa shape index (κ3) is 3.29. The van der Waals surface area contributed by atoms with Crippen LogP contribution in [0.4, 0.5) is 0 Å². The van der Waals surface area contributed by atoms with Crippen molar-refractivity contribution in [1.82, 2.24) is 9.88 Å². The minimum atomic E-state index is -2.97. The number of amides is 1. The number of nitrogens with one attached hydrogen (secondary N) is 1. The lowest BCUT2D eigenvalue weighted by Gasteiger charge is -2.12. The zero-order valence-electron chi connectivity index (χ0n) is 11.3. The normalized spacial score (nSPS) is 20.7. The van der Waals surface area contributed by atoms with Crippen molar-refractivity contribution in [2.24, 2.45) is 0 Å². The van der Waals surface area contributed by atoms with E-state index in [0.717, 1.165) is 15.4 Å². The average Bonchev–Trinajstić information content (AvgIpc) is 2.93. The molecule has 0 spiro atoms. The van der Waals surface area contributed by atoms with E-state index in [1.54, 1.807) is 0 Å². The summed E-state index contributed by atoms with van der Waals surface area (Å²) in [6, 6.07) is 7.58. The van der Waals surface area contributed by atoms with Crippen LogP contribution in [0.2, 0.25) is 0 Å². The molecule has 0 bridgehead atoms. The van der Waals surface area contributed by atoms with Gasteiger partial charge in [0.1, 0.15) is 6.54 Å². The van der Waals surface area contributed by atoms with Gasteiger partial charge in [-0.2, -0.15) is 0 Å². The molecule has 7 heteroatoms. The fourth-order valence-corrected chi connectivity index (χ4v) is 4.70. The van der Waals surface area contributed by atoms with Gasteiger partial charge in [0.05, 0.1) is 11.5 Å². The van der Waals surface area contributed by atoms with E-state index >= 15 is 0 Å². The largest absolute Gasteiger partial charge is 0.351 e. The van der Waals surface area contributed by atoms with Crippen LogP contribution >= 0.6 is 15.9 Å². The van der Waals surface area contributed by atoms with Crippen LogP contribution in [0.1, 0.15) is 6.42 Å². The molecular formula is C14H15BrN2O3S. The predicted octanol–water partition coefficient (Wildman–Crippen LogP) is 1.71. The van der Waals surface area contributed by atoms with E-state index in [2.05, 4.69) is 21.2 Å². The molecule has 1 saturated heterocycles. The first kappa shape index (κ1) is 14.6. The average molecular weight is 371 g/mol. The summed E-state index contributed by atoms with van der Waals surface area (Å²) in [5.74, 6) is 0.0637. The summed E-state index contributed by atoms with van der Waals surface area (Å²) >= 11 is 3.42. The first-order valence-electron chi connectivity index (χ1n) is 6.67. The van der Waals surface area contributed by atoms with E-state index in [1.165, 1.54) is 0 Å². The fourth-order valence-electron chi connectivity index (χ4n) is 2.65. The number of carbonyl (C=O) groups excluding carboxylic acids is 1. The van der Waals surface area contributed by atoms with Gasteiger partial charge < -0.3 is 9.88 Å². The van der Waals surface area contributed by atoms with Crippen LogP contribution in [0.15, 0.2) is 34.9 Å². The number of sulfone groups is 1. The highest BCUT2D eigenvalue weighted by molar-refractivity contribution is 9.10. The molecule has 5 nitrogen and oxygen atoms in total. The topological polar surface area (TPSA) is 68.2 Å². The maximum atomic E-state index is 12.1. The second-order valence-corrected chi connectivity index (χ2v) is 8.46. The van der Waals surface area contributed by atoms with Crippen molar-refractivity contribution in [1.29, 1.82) is 0 Å². The van der Waals surface area contributed by atoms with E-state index in [-0.39, 0.29) is 30.0 Å². The summed E-state index contributed by atoms with van der Waals surface area (Å²) < 4.78 is 25.6. The summed E-state index contributed by atoms with van der Waals surface area (Å²) in [7, 11) is -2.97. The quantitative estimate of drug-likeness (QED) is 0.893. The Balaban J connectivity index is 1.69. The van der Waals surface area contributed by atoms with Gasteiger partial charge in [-0.25, -0.2) is 8.42 Å². The van der Waals surface area contributed by atoms with Crippen molar-refractivity contribution in [2.75, 3.05) is 11.5 Å². The number of hydrogen-bond acceptors (Lipinski definition) is 3. The summed E-state index contributed by atoms with van der Waals surface area (Å²) in [4.78, 5) is 12.1. The molecule has 1 aliphatic heterocycles. The Morgan fingerprint density at radius 3 is 2.90 bits per heavy atom. The van der Waals surface area contributed by atoms with Gasteiger partial charge in [-0.1, -0.05) is 15.9 Å². The highest BCUT2D eigenvalue weighted by Gasteiger charge is 2.28. The number of halogens is 1. The number of hydrogen-bond donors (Lipinski definition) is 1. The number of aromatic nitrogens is 1.